The zero-order valence-corrected chi connectivity index (χ0v) is 9.43. The summed E-state index contributed by atoms with van der Waals surface area (Å²) in [7, 11) is 1.94. The molecular formula is C11H17N3O2. The molecule has 16 heavy (non-hydrogen) atoms. The van der Waals surface area contributed by atoms with Gasteiger partial charge in [-0.2, -0.15) is 0 Å². The third kappa shape index (κ3) is 3.60. The number of nitro benzene ring substituents is 1. The minimum absolute atomic E-state index is 0.182. The summed E-state index contributed by atoms with van der Waals surface area (Å²) >= 11 is 0. The SMILES string of the molecule is CN(CCCN)Cc1ccccc1[N+](=O)[O-]. The van der Waals surface area contributed by atoms with Crippen LogP contribution < -0.4 is 5.73 Å². The van der Waals surface area contributed by atoms with Crippen molar-refractivity contribution in [2.75, 3.05) is 20.1 Å². The average Bonchev–Trinajstić information content (AvgIpc) is 2.27. The van der Waals surface area contributed by atoms with Crippen molar-refractivity contribution >= 4 is 5.69 Å². The summed E-state index contributed by atoms with van der Waals surface area (Å²) in [6.07, 6.45) is 0.900. The first-order valence-electron chi connectivity index (χ1n) is 5.26. The highest BCUT2D eigenvalue weighted by Crippen LogP contribution is 2.18. The Labute approximate surface area is 95.0 Å². The number of nitrogens with two attached hydrogens (primary N) is 1. The second-order valence-corrected chi connectivity index (χ2v) is 3.77. The van der Waals surface area contributed by atoms with Crippen molar-refractivity contribution in [2.45, 2.75) is 13.0 Å². The molecule has 5 heteroatoms. The van der Waals surface area contributed by atoms with Gasteiger partial charge in [-0.3, -0.25) is 10.1 Å². The van der Waals surface area contributed by atoms with Crippen LogP contribution in [0.2, 0.25) is 0 Å². The van der Waals surface area contributed by atoms with Gasteiger partial charge in [-0.15, -0.1) is 0 Å². The van der Waals surface area contributed by atoms with Crippen molar-refractivity contribution in [3.8, 4) is 0 Å². The molecule has 2 N–H and O–H groups in total. The van der Waals surface area contributed by atoms with E-state index < -0.39 is 0 Å². The number of hydrogen-bond acceptors (Lipinski definition) is 4. The standard InChI is InChI=1S/C11H17N3O2/c1-13(8-4-7-12)9-10-5-2-3-6-11(10)14(15)16/h2-3,5-6H,4,7-9,12H2,1H3. The molecule has 0 aliphatic carbocycles. The molecule has 0 aliphatic heterocycles. The van der Waals surface area contributed by atoms with E-state index in [0.717, 1.165) is 18.5 Å². The fraction of sp³-hybridized carbons (Fsp3) is 0.455. The molecule has 0 spiro atoms. The smallest absolute Gasteiger partial charge is 0.273 e. The predicted octanol–water partition coefficient (Wildman–Crippen LogP) is 1.38. The van der Waals surface area contributed by atoms with Crippen LogP contribution in [0.5, 0.6) is 0 Å². The minimum atomic E-state index is -0.341. The molecule has 0 atom stereocenters. The molecule has 1 aromatic carbocycles. The van der Waals surface area contributed by atoms with Gasteiger partial charge in [-0.25, -0.2) is 0 Å². The molecule has 0 amide bonds. The Morgan fingerprint density at radius 2 is 2.12 bits per heavy atom. The fourth-order valence-electron chi connectivity index (χ4n) is 1.55. The Balaban J connectivity index is 2.69. The lowest BCUT2D eigenvalue weighted by atomic mass is 10.1. The summed E-state index contributed by atoms with van der Waals surface area (Å²) < 4.78 is 0. The largest absolute Gasteiger partial charge is 0.330 e. The van der Waals surface area contributed by atoms with Gasteiger partial charge >= 0.3 is 0 Å². The van der Waals surface area contributed by atoms with Gasteiger partial charge in [0, 0.05) is 18.2 Å². The lowest BCUT2D eigenvalue weighted by molar-refractivity contribution is -0.385. The van der Waals surface area contributed by atoms with E-state index in [4.69, 9.17) is 5.73 Å². The van der Waals surface area contributed by atoms with Crippen molar-refractivity contribution < 1.29 is 4.92 Å². The molecule has 1 rings (SSSR count). The van der Waals surface area contributed by atoms with Gasteiger partial charge in [0.15, 0.2) is 0 Å². The number of nitro groups is 1. The number of para-hydroxylation sites is 1. The van der Waals surface area contributed by atoms with Crippen LogP contribution in [0.1, 0.15) is 12.0 Å². The molecule has 0 bridgehead atoms. The van der Waals surface area contributed by atoms with Gasteiger partial charge in [0.1, 0.15) is 0 Å². The normalized spacial score (nSPS) is 10.7. The zero-order chi connectivity index (χ0) is 12.0. The quantitative estimate of drug-likeness (QED) is 0.584. The molecule has 0 saturated carbocycles. The van der Waals surface area contributed by atoms with E-state index in [0.29, 0.717) is 13.1 Å². The Morgan fingerprint density at radius 1 is 1.44 bits per heavy atom. The van der Waals surface area contributed by atoms with Gasteiger partial charge < -0.3 is 10.6 Å². The van der Waals surface area contributed by atoms with E-state index in [1.165, 1.54) is 6.07 Å². The maximum absolute atomic E-state index is 10.8. The van der Waals surface area contributed by atoms with Crippen LogP contribution in [0.3, 0.4) is 0 Å². The molecule has 0 unspecified atom stereocenters. The molecule has 88 valence electrons. The van der Waals surface area contributed by atoms with E-state index >= 15 is 0 Å². The van der Waals surface area contributed by atoms with Gasteiger partial charge in [0.2, 0.25) is 0 Å². The van der Waals surface area contributed by atoms with E-state index in [1.54, 1.807) is 12.1 Å². The molecule has 0 aromatic heterocycles. The molecule has 0 saturated heterocycles. The zero-order valence-electron chi connectivity index (χ0n) is 9.43. The highest BCUT2D eigenvalue weighted by atomic mass is 16.6. The van der Waals surface area contributed by atoms with Crippen LogP contribution in [0.4, 0.5) is 5.69 Å². The van der Waals surface area contributed by atoms with Crippen LogP contribution >= 0.6 is 0 Å². The summed E-state index contributed by atoms with van der Waals surface area (Å²) in [6, 6.07) is 6.82. The van der Waals surface area contributed by atoms with Crippen molar-refractivity contribution in [2.24, 2.45) is 5.73 Å². The molecular weight excluding hydrogens is 206 g/mol. The molecule has 5 nitrogen and oxygen atoms in total. The lowest BCUT2D eigenvalue weighted by Gasteiger charge is -2.15. The van der Waals surface area contributed by atoms with Crippen LogP contribution in [-0.2, 0) is 6.54 Å². The number of benzene rings is 1. The minimum Gasteiger partial charge on any atom is -0.330 e. The second-order valence-electron chi connectivity index (χ2n) is 3.77. The lowest BCUT2D eigenvalue weighted by Crippen LogP contribution is -2.21. The van der Waals surface area contributed by atoms with Gasteiger partial charge in [0.05, 0.1) is 4.92 Å². The van der Waals surface area contributed by atoms with Gasteiger partial charge in [0.25, 0.3) is 5.69 Å². The maximum atomic E-state index is 10.8. The summed E-state index contributed by atoms with van der Waals surface area (Å²) in [4.78, 5) is 12.5. The topological polar surface area (TPSA) is 72.4 Å². The summed E-state index contributed by atoms with van der Waals surface area (Å²) in [5, 5.41) is 10.8. The summed E-state index contributed by atoms with van der Waals surface area (Å²) in [5.74, 6) is 0. The molecule has 0 fully saturated rings. The van der Waals surface area contributed by atoms with Crippen molar-refractivity contribution in [3.05, 3.63) is 39.9 Å². The average molecular weight is 223 g/mol. The molecule has 1 aromatic rings. The predicted molar refractivity (Wildman–Crippen MR) is 63.1 cm³/mol. The highest BCUT2D eigenvalue weighted by Gasteiger charge is 2.13. The molecule has 0 radical (unpaired) electrons. The van der Waals surface area contributed by atoms with E-state index in [9.17, 15) is 10.1 Å². The van der Waals surface area contributed by atoms with Crippen molar-refractivity contribution in [1.29, 1.82) is 0 Å². The first kappa shape index (κ1) is 12.6. The highest BCUT2D eigenvalue weighted by molar-refractivity contribution is 5.39. The van der Waals surface area contributed by atoms with E-state index in [-0.39, 0.29) is 10.6 Å². The third-order valence-corrected chi connectivity index (χ3v) is 2.37. The fourth-order valence-corrected chi connectivity index (χ4v) is 1.55. The van der Waals surface area contributed by atoms with Crippen LogP contribution in [-0.4, -0.2) is 30.0 Å². The summed E-state index contributed by atoms with van der Waals surface area (Å²) in [5.41, 5.74) is 6.34. The van der Waals surface area contributed by atoms with Crippen LogP contribution in [0.25, 0.3) is 0 Å². The van der Waals surface area contributed by atoms with Gasteiger partial charge in [-0.05, 0) is 26.6 Å². The Kier molecular flexibility index (Phi) is 4.88. The second kappa shape index (κ2) is 6.19. The first-order valence-corrected chi connectivity index (χ1v) is 5.26. The maximum Gasteiger partial charge on any atom is 0.273 e. The molecule has 0 heterocycles. The van der Waals surface area contributed by atoms with E-state index in [2.05, 4.69) is 0 Å². The number of rotatable bonds is 6. The van der Waals surface area contributed by atoms with Crippen LogP contribution in [0.15, 0.2) is 24.3 Å². The number of hydrogen-bond donors (Lipinski definition) is 1. The Bertz CT molecular complexity index is 355. The summed E-state index contributed by atoms with van der Waals surface area (Å²) in [6.45, 7) is 2.07. The van der Waals surface area contributed by atoms with E-state index in [1.807, 2.05) is 18.0 Å². The monoisotopic (exact) mass is 223 g/mol. The van der Waals surface area contributed by atoms with Crippen molar-refractivity contribution in [3.63, 3.8) is 0 Å². The molecule has 0 aliphatic rings. The third-order valence-electron chi connectivity index (χ3n) is 2.37. The van der Waals surface area contributed by atoms with Gasteiger partial charge in [-0.1, -0.05) is 18.2 Å². The Morgan fingerprint density at radius 3 is 2.75 bits per heavy atom. The van der Waals surface area contributed by atoms with Crippen molar-refractivity contribution in [1.82, 2.24) is 4.90 Å². The number of nitrogens with zero attached hydrogens (tertiary/aromatic N) is 2. The Hall–Kier alpha value is -1.46. The first-order chi connectivity index (χ1) is 7.65. The van der Waals surface area contributed by atoms with Crippen LogP contribution in [0, 0.1) is 10.1 Å².